The first-order valence-corrected chi connectivity index (χ1v) is 7.40. The highest BCUT2D eigenvalue weighted by Gasteiger charge is 2.19. The second-order valence-electron chi connectivity index (χ2n) is 3.64. The number of benzene rings is 1. The maximum Gasteiger partial charge on any atom is 0.225 e. The van der Waals surface area contributed by atoms with Crippen LogP contribution in [0.1, 0.15) is 12.5 Å². The number of carbonyl (C=O) groups excluding carboxylic acids is 1. The molecular weight excluding hydrogens is 226 g/mol. The van der Waals surface area contributed by atoms with Crippen LogP contribution in [0.25, 0.3) is 0 Å². The minimum absolute atomic E-state index is 0.0340. The average Bonchev–Trinajstić information content (AvgIpc) is 2.16. The van der Waals surface area contributed by atoms with E-state index in [4.69, 9.17) is 12.2 Å². The van der Waals surface area contributed by atoms with Gasteiger partial charge in [0.1, 0.15) is 0 Å². The molecule has 0 unspecified atom stereocenters. The lowest BCUT2D eigenvalue weighted by molar-refractivity contribution is -0.117. The van der Waals surface area contributed by atoms with Crippen molar-refractivity contribution in [2.75, 3.05) is 12.5 Å². The van der Waals surface area contributed by atoms with Crippen LogP contribution < -0.4 is 4.72 Å². The van der Waals surface area contributed by atoms with Crippen molar-refractivity contribution in [1.29, 1.82) is 0 Å². The Labute approximate surface area is 97.5 Å². The highest BCUT2D eigenvalue weighted by atomic mass is 32.3. The van der Waals surface area contributed by atoms with Gasteiger partial charge in [-0.25, -0.2) is 0 Å². The predicted octanol–water partition coefficient (Wildman–Crippen LogP) is 2.48. The van der Waals surface area contributed by atoms with E-state index in [0.29, 0.717) is 0 Å². The summed E-state index contributed by atoms with van der Waals surface area (Å²) in [5.41, 5.74) is 1.02. The first kappa shape index (κ1) is 12.2. The van der Waals surface area contributed by atoms with Gasteiger partial charge in [-0.1, -0.05) is 42.5 Å². The summed E-state index contributed by atoms with van der Waals surface area (Å²) in [6.45, 7) is 1.52. The van der Waals surface area contributed by atoms with Crippen LogP contribution in [0.15, 0.2) is 30.3 Å². The number of rotatable bonds is 1. The van der Waals surface area contributed by atoms with E-state index in [-0.39, 0.29) is 5.91 Å². The Balaban J connectivity index is 2.89. The van der Waals surface area contributed by atoms with Crippen LogP contribution in [-0.2, 0) is 4.79 Å². The van der Waals surface area contributed by atoms with E-state index in [1.165, 1.54) is 6.92 Å². The summed E-state index contributed by atoms with van der Waals surface area (Å²) in [6.07, 6.45) is 3.98. The Morgan fingerprint density at radius 3 is 2.27 bits per heavy atom. The molecule has 1 amide bonds. The van der Waals surface area contributed by atoms with E-state index in [1.54, 1.807) is 0 Å². The fraction of sp³-hybridized carbons (Fsp3) is 0.273. The van der Waals surface area contributed by atoms with Gasteiger partial charge in [0.15, 0.2) is 0 Å². The molecule has 0 heterocycles. The maximum atomic E-state index is 11.0. The number of hydrogen-bond acceptors (Lipinski definition) is 2. The minimum atomic E-state index is -1.38. The molecule has 0 radical (unpaired) electrons. The van der Waals surface area contributed by atoms with Gasteiger partial charge in [0.2, 0.25) is 5.91 Å². The summed E-state index contributed by atoms with van der Waals surface area (Å²) in [4.78, 5) is 11.0. The quantitative estimate of drug-likeness (QED) is 0.765. The van der Waals surface area contributed by atoms with Gasteiger partial charge in [-0.05, 0) is 18.1 Å². The predicted molar refractivity (Wildman–Crippen MR) is 71.4 cm³/mol. The topological polar surface area (TPSA) is 29.1 Å². The average molecular weight is 241 g/mol. The molecule has 4 heteroatoms. The van der Waals surface area contributed by atoms with Crippen LogP contribution in [0, 0.1) is 0 Å². The summed E-state index contributed by atoms with van der Waals surface area (Å²) in [5.74, 6) is -0.0340. The number of nitrogens with one attached hydrogen (secondary N) is 1. The van der Waals surface area contributed by atoms with E-state index in [0.717, 1.165) is 9.76 Å². The van der Waals surface area contributed by atoms with Gasteiger partial charge in [0.25, 0.3) is 0 Å². The van der Waals surface area contributed by atoms with Crippen molar-refractivity contribution in [3.8, 4) is 0 Å². The first-order valence-electron chi connectivity index (χ1n) is 4.54. The van der Waals surface area contributed by atoms with Crippen LogP contribution in [0.5, 0.6) is 0 Å². The van der Waals surface area contributed by atoms with E-state index >= 15 is 0 Å². The molecule has 82 valence electrons. The molecule has 0 aliphatic heterocycles. The zero-order chi connectivity index (χ0) is 11.5. The van der Waals surface area contributed by atoms with Crippen molar-refractivity contribution in [2.24, 2.45) is 0 Å². The van der Waals surface area contributed by atoms with Crippen LogP contribution in [-0.4, -0.2) is 22.6 Å². The molecule has 15 heavy (non-hydrogen) atoms. The zero-order valence-corrected chi connectivity index (χ0v) is 10.7. The number of hydrogen-bond donors (Lipinski definition) is 1. The molecule has 0 aliphatic rings. The van der Waals surface area contributed by atoms with E-state index in [9.17, 15) is 4.79 Å². The van der Waals surface area contributed by atoms with E-state index < -0.39 is 10.2 Å². The molecule has 0 aliphatic carbocycles. The summed E-state index contributed by atoms with van der Waals surface area (Å²) >= 11 is 5.40. The molecule has 0 saturated carbocycles. The lowest BCUT2D eigenvalue weighted by Gasteiger charge is -2.32. The molecule has 1 N–H and O–H groups in total. The van der Waals surface area contributed by atoms with Gasteiger partial charge in [-0.2, -0.15) is 0 Å². The van der Waals surface area contributed by atoms with Crippen molar-refractivity contribution < 1.29 is 4.79 Å². The lowest BCUT2D eigenvalue weighted by Crippen LogP contribution is -2.28. The second-order valence-corrected chi connectivity index (χ2v) is 7.57. The third-order valence-electron chi connectivity index (χ3n) is 1.87. The summed E-state index contributed by atoms with van der Waals surface area (Å²) in [7, 11) is -1.38. The standard InChI is InChI=1S/C11H15NOS2/c1-9(13)12-15(2,3)11(14)10-7-5-4-6-8-10/h4-8H,1-3H3,(H,12,13). The Hall–Kier alpha value is -0.870. The van der Waals surface area contributed by atoms with Gasteiger partial charge in [-0.15, -0.1) is 10.2 Å². The highest BCUT2D eigenvalue weighted by Crippen LogP contribution is 2.39. The zero-order valence-electron chi connectivity index (χ0n) is 9.11. The normalized spacial score (nSPS) is 11.9. The van der Waals surface area contributed by atoms with Crippen molar-refractivity contribution in [3.63, 3.8) is 0 Å². The molecule has 1 aromatic rings. The van der Waals surface area contributed by atoms with Crippen molar-refractivity contribution in [2.45, 2.75) is 6.92 Å². The summed E-state index contributed by atoms with van der Waals surface area (Å²) < 4.78 is 3.75. The highest BCUT2D eigenvalue weighted by molar-refractivity contribution is 8.48. The number of carbonyl (C=O) groups is 1. The van der Waals surface area contributed by atoms with Crippen molar-refractivity contribution in [3.05, 3.63) is 35.9 Å². The monoisotopic (exact) mass is 241 g/mol. The Kier molecular flexibility index (Phi) is 3.88. The van der Waals surface area contributed by atoms with Crippen molar-refractivity contribution >= 4 is 32.5 Å². The van der Waals surface area contributed by atoms with Crippen LogP contribution in [0.3, 0.4) is 0 Å². The third kappa shape index (κ3) is 3.32. The Bertz CT molecular complexity index is 373. The van der Waals surface area contributed by atoms with Gasteiger partial charge in [0, 0.05) is 6.92 Å². The Morgan fingerprint density at radius 2 is 1.80 bits per heavy atom. The molecule has 1 rings (SSSR count). The fourth-order valence-electron chi connectivity index (χ4n) is 1.27. The molecule has 1 aromatic carbocycles. The van der Waals surface area contributed by atoms with Gasteiger partial charge < -0.3 is 4.72 Å². The van der Waals surface area contributed by atoms with E-state index in [2.05, 4.69) is 4.72 Å². The molecule has 0 spiro atoms. The second kappa shape index (κ2) is 4.77. The van der Waals surface area contributed by atoms with Crippen LogP contribution in [0.2, 0.25) is 0 Å². The summed E-state index contributed by atoms with van der Waals surface area (Å²) in [5, 5.41) is 0. The lowest BCUT2D eigenvalue weighted by atomic mass is 10.2. The molecule has 0 aromatic heterocycles. The Morgan fingerprint density at radius 1 is 1.27 bits per heavy atom. The van der Waals surface area contributed by atoms with Crippen LogP contribution in [0.4, 0.5) is 0 Å². The van der Waals surface area contributed by atoms with Crippen LogP contribution >= 0.6 is 22.4 Å². The van der Waals surface area contributed by atoms with Gasteiger partial charge in [0.05, 0.1) is 4.20 Å². The largest absolute Gasteiger partial charge is 0.314 e. The first-order chi connectivity index (χ1) is 6.93. The van der Waals surface area contributed by atoms with Crippen molar-refractivity contribution in [1.82, 2.24) is 4.72 Å². The molecule has 0 atom stereocenters. The SMILES string of the molecule is CC(=O)NS(C)(C)C(=S)c1ccccc1. The third-order valence-corrected chi connectivity index (χ3v) is 5.32. The smallest absolute Gasteiger partial charge is 0.225 e. The molecule has 0 bridgehead atoms. The molecule has 0 fully saturated rings. The molecule has 2 nitrogen and oxygen atoms in total. The minimum Gasteiger partial charge on any atom is -0.314 e. The van der Waals surface area contributed by atoms with E-state index in [1.807, 2.05) is 42.8 Å². The van der Waals surface area contributed by atoms with Gasteiger partial charge >= 0.3 is 0 Å². The van der Waals surface area contributed by atoms with Gasteiger partial charge in [-0.3, -0.25) is 4.79 Å². The molecular formula is C11H15NOS2. The molecule has 0 saturated heterocycles. The maximum absolute atomic E-state index is 11.0. The number of amides is 1. The fourth-order valence-corrected chi connectivity index (χ4v) is 3.07. The summed E-state index contributed by atoms with van der Waals surface area (Å²) in [6, 6.07) is 9.79. The number of thiocarbonyl (C=S) groups is 1.